The number of aromatic nitrogens is 2. The van der Waals surface area contributed by atoms with Gasteiger partial charge in [0, 0.05) is 54.2 Å². The summed E-state index contributed by atoms with van der Waals surface area (Å²) in [7, 11) is 0. The van der Waals surface area contributed by atoms with Gasteiger partial charge in [-0.3, -0.25) is 9.97 Å². The maximum Gasteiger partial charge on any atom is 0.0991 e. The van der Waals surface area contributed by atoms with Crippen molar-refractivity contribution in [3.63, 3.8) is 0 Å². The van der Waals surface area contributed by atoms with Crippen LogP contribution in [-0.4, -0.2) is 36.1 Å². The normalized spacial score (nSPS) is 13.9. The van der Waals surface area contributed by atoms with Crippen molar-refractivity contribution in [2.45, 2.75) is 20.8 Å². The molecule has 5 heteroatoms. The molecule has 33 heavy (non-hydrogen) atoms. The number of para-hydroxylation sites is 1. The van der Waals surface area contributed by atoms with E-state index < -0.39 is 0 Å². The van der Waals surface area contributed by atoms with Gasteiger partial charge in [-0.05, 0) is 56.2 Å². The van der Waals surface area contributed by atoms with Crippen molar-refractivity contribution < 1.29 is 0 Å². The number of aryl methyl sites for hydroxylation is 3. The fourth-order valence-electron chi connectivity index (χ4n) is 4.82. The number of benzene rings is 2. The topological polar surface area (TPSA) is 56.0 Å². The predicted octanol–water partition coefficient (Wildman–Crippen LogP) is 5.42. The minimum Gasteiger partial charge on any atom is -0.368 e. The predicted molar refractivity (Wildman–Crippen MR) is 135 cm³/mol. The van der Waals surface area contributed by atoms with E-state index in [1.165, 1.54) is 22.3 Å². The van der Waals surface area contributed by atoms with Crippen molar-refractivity contribution in [2.24, 2.45) is 0 Å². The number of pyridine rings is 2. The van der Waals surface area contributed by atoms with Crippen LogP contribution in [-0.2, 0) is 0 Å². The zero-order valence-corrected chi connectivity index (χ0v) is 19.3. The number of nitriles is 1. The number of hydrogen-bond donors (Lipinski definition) is 0. The quantitative estimate of drug-likeness (QED) is 0.432. The minimum atomic E-state index is 0.668. The van der Waals surface area contributed by atoms with Gasteiger partial charge in [0.1, 0.15) is 0 Å². The van der Waals surface area contributed by atoms with Crippen molar-refractivity contribution in [3.05, 3.63) is 83.3 Å². The van der Waals surface area contributed by atoms with Crippen LogP contribution in [0, 0.1) is 32.1 Å². The maximum atomic E-state index is 9.09. The number of nitrogens with zero attached hydrogens (tertiary/aromatic N) is 5. The number of anilines is 2. The smallest absolute Gasteiger partial charge is 0.0991 e. The molecular weight excluding hydrogens is 406 g/mol. The Bertz CT molecular complexity index is 1340. The molecule has 1 saturated heterocycles. The first-order valence-electron chi connectivity index (χ1n) is 11.4. The molecule has 0 saturated carbocycles. The highest BCUT2D eigenvalue weighted by molar-refractivity contribution is 5.97. The molecule has 2 aromatic heterocycles. The molecule has 0 amide bonds. The second-order valence-electron chi connectivity index (χ2n) is 8.74. The molecule has 1 fully saturated rings. The molecule has 1 aliphatic heterocycles. The first kappa shape index (κ1) is 21.0. The van der Waals surface area contributed by atoms with Crippen LogP contribution in [0.5, 0.6) is 0 Å². The van der Waals surface area contributed by atoms with Crippen molar-refractivity contribution in [3.8, 4) is 17.2 Å². The van der Waals surface area contributed by atoms with E-state index in [1.54, 1.807) is 0 Å². The Kier molecular flexibility index (Phi) is 5.43. The van der Waals surface area contributed by atoms with Crippen LogP contribution in [0.15, 0.2) is 60.8 Å². The van der Waals surface area contributed by atoms with Gasteiger partial charge in [0.05, 0.1) is 29.0 Å². The lowest BCUT2D eigenvalue weighted by Crippen LogP contribution is -2.46. The van der Waals surface area contributed by atoms with Gasteiger partial charge in [-0.15, -0.1) is 0 Å². The first-order chi connectivity index (χ1) is 16.0. The van der Waals surface area contributed by atoms with Gasteiger partial charge in [0.25, 0.3) is 0 Å². The lowest BCUT2D eigenvalue weighted by atomic mass is 9.98. The first-order valence-corrected chi connectivity index (χ1v) is 11.4. The van der Waals surface area contributed by atoms with E-state index in [0.717, 1.165) is 54.2 Å². The van der Waals surface area contributed by atoms with E-state index in [-0.39, 0.29) is 0 Å². The average Bonchev–Trinajstić information content (AvgIpc) is 2.84. The second kappa shape index (κ2) is 8.55. The van der Waals surface area contributed by atoms with E-state index >= 15 is 0 Å². The molecule has 0 bridgehead atoms. The zero-order chi connectivity index (χ0) is 22.9. The summed E-state index contributed by atoms with van der Waals surface area (Å²) in [5.74, 6) is 0. The largest absolute Gasteiger partial charge is 0.368 e. The molecule has 3 heterocycles. The fourth-order valence-corrected chi connectivity index (χ4v) is 4.82. The Labute approximate surface area is 194 Å². The van der Waals surface area contributed by atoms with Crippen LogP contribution in [0.3, 0.4) is 0 Å². The van der Waals surface area contributed by atoms with Gasteiger partial charge in [0.2, 0.25) is 0 Å². The molecule has 1 aliphatic rings. The molecule has 0 spiro atoms. The highest BCUT2D eigenvalue weighted by atomic mass is 15.3. The highest BCUT2D eigenvalue weighted by Crippen LogP contribution is 2.33. The molecule has 5 rings (SSSR count). The summed E-state index contributed by atoms with van der Waals surface area (Å²) >= 11 is 0. The number of rotatable bonds is 3. The molecule has 4 aromatic rings. The summed E-state index contributed by atoms with van der Waals surface area (Å²) in [5, 5.41) is 10.3. The van der Waals surface area contributed by atoms with Crippen molar-refractivity contribution in [2.75, 3.05) is 36.0 Å². The summed E-state index contributed by atoms with van der Waals surface area (Å²) in [6.07, 6.45) is 2.03. The summed E-state index contributed by atoms with van der Waals surface area (Å²) in [5.41, 5.74) is 9.73. The van der Waals surface area contributed by atoms with Gasteiger partial charge >= 0.3 is 0 Å². The molecule has 0 N–H and O–H groups in total. The molecule has 5 nitrogen and oxygen atoms in total. The van der Waals surface area contributed by atoms with Gasteiger partial charge < -0.3 is 9.80 Å². The third kappa shape index (κ3) is 4.01. The fraction of sp³-hybridized carbons (Fsp3) is 0.250. The summed E-state index contributed by atoms with van der Waals surface area (Å²) in [4.78, 5) is 14.3. The van der Waals surface area contributed by atoms with Crippen LogP contribution in [0.4, 0.5) is 11.4 Å². The van der Waals surface area contributed by atoms with Gasteiger partial charge in [-0.1, -0.05) is 30.3 Å². The molecule has 164 valence electrons. The Morgan fingerprint density at radius 3 is 2.18 bits per heavy atom. The van der Waals surface area contributed by atoms with Gasteiger partial charge in [-0.2, -0.15) is 5.26 Å². The minimum absolute atomic E-state index is 0.668. The maximum absolute atomic E-state index is 9.09. The lowest BCUT2D eigenvalue weighted by Gasteiger charge is -2.38. The SMILES string of the molecule is Cc1cc(N2CCN(c3cnc4c(-c5ccc(C#N)cc5)cccc4c3C)CC2)cc(C)n1. The molecular formula is C28H27N5. The monoisotopic (exact) mass is 433 g/mol. The van der Waals surface area contributed by atoms with Crippen LogP contribution < -0.4 is 9.80 Å². The average molecular weight is 434 g/mol. The van der Waals surface area contributed by atoms with Crippen LogP contribution >= 0.6 is 0 Å². The number of piperazine rings is 1. The van der Waals surface area contributed by atoms with Crippen molar-refractivity contribution in [1.82, 2.24) is 9.97 Å². The Hall–Kier alpha value is -3.91. The number of fused-ring (bicyclic) bond motifs is 1. The van der Waals surface area contributed by atoms with E-state index in [9.17, 15) is 0 Å². The van der Waals surface area contributed by atoms with Crippen LogP contribution in [0.1, 0.15) is 22.5 Å². The van der Waals surface area contributed by atoms with E-state index in [4.69, 9.17) is 10.2 Å². The molecule has 0 atom stereocenters. The third-order valence-corrected chi connectivity index (χ3v) is 6.52. The standard InChI is InChI=1S/C28H27N5/c1-19-15-24(16-20(2)31-19)32-11-13-33(14-12-32)27-18-30-28-25(21(27)3)5-4-6-26(28)23-9-7-22(17-29)8-10-23/h4-10,15-16,18H,11-14H2,1-3H3. The molecule has 0 unspecified atom stereocenters. The summed E-state index contributed by atoms with van der Waals surface area (Å²) in [6, 6.07) is 20.6. The highest BCUT2D eigenvalue weighted by Gasteiger charge is 2.21. The van der Waals surface area contributed by atoms with Crippen molar-refractivity contribution >= 4 is 22.3 Å². The molecule has 2 aromatic carbocycles. The number of hydrogen-bond acceptors (Lipinski definition) is 5. The molecule has 0 radical (unpaired) electrons. The van der Waals surface area contributed by atoms with E-state index in [2.05, 4.69) is 72.0 Å². The second-order valence-corrected chi connectivity index (χ2v) is 8.74. The van der Waals surface area contributed by atoms with Crippen molar-refractivity contribution in [1.29, 1.82) is 5.26 Å². The van der Waals surface area contributed by atoms with Gasteiger partial charge in [-0.25, -0.2) is 0 Å². The summed E-state index contributed by atoms with van der Waals surface area (Å²) < 4.78 is 0. The Morgan fingerprint density at radius 2 is 1.52 bits per heavy atom. The third-order valence-electron chi connectivity index (χ3n) is 6.52. The summed E-state index contributed by atoms with van der Waals surface area (Å²) in [6.45, 7) is 10.2. The molecule has 0 aliphatic carbocycles. The van der Waals surface area contributed by atoms with Gasteiger partial charge in [0.15, 0.2) is 0 Å². The Balaban J connectivity index is 1.42. The van der Waals surface area contributed by atoms with E-state index in [1.807, 2.05) is 30.5 Å². The zero-order valence-electron chi connectivity index (χ0n) is 19.3. The lowest BCUT2D eigenvalue weighted by molar-refractivity contribution is 0.651. The Morgan fingerprint density at radius 1 is 0.848 bits per heavy atom. The van der Waals surface area contributed by atoms with Crippen LogP contribution in [0.2, 0.25) is 0 Å². The van der Waals surface area contributed by atoms with E-state index in [0.29, 0.717) is 5.56 Å². The van der Waals surface area contributed by atoms with Crippen LogP contribution in [0.25, 0.3) is 22.0 Å².